The molecule has 1 aliphatic rings. The number of rotatable bonds is 2. The second-order valence-corrected chi connectivity index (χ2v) is 4.88. The molecule has 0 aliphatic carbocycles. The number of thioether (sulfide) groups is 1. The molecule has 1 aliphatic heterocycles. The summed E-state index contributed by atoms with van der Waals surface area (Å²) in [4.78, 5) is 28.4. The number of aliphatic carboxylic acids is 1. The third kappa shape index (κ3) is 1.98. The Morgan fingerprint density at radius 1 is 1.60 bits per heavy atom. The Kier molecular flexibility index (Phi) is 2.92. The first-order chi connectivity index (χ1) is 7.20. The molecule has 0 radical (unpaired) electrons. The van der Waals surface area contributed by atoms with Crippen LogP contribution < -0.4 is 0 Å². The van der Waals surface area contributed by atoms with E-state index in [1.165, 1.54) is 34.2 Å². The number of carbonyl (C=O) groups excluding carboxylic acids is 1. The normalized spacial score (nSPS) is 20.5. The van der Waals surface area contributed by atoms with Gasteiger partial charge in [-0.05, 0) is 0 Å². The molecule has 0 spiro atoms. The van der Waals surface area contributed by atoms with Gasteiger partial charge < -0.3 is 10.0 Å². The van der Waals surface area contributed by atoms with E-state index in [0.717, 1.165) is 0 Å². The van der Waals surface area contributed by atoms with Crippen molar-refractivity contribution in [2.75, 3.05) is 11.6 Å². The lowest BCUT2D eigenvalue weighted by molar-refractivity contribution is -0.140. The van der Waals surface area contributed by atoms with Crippen LogP contribution >= 0.6 is 23.1 Å². The van der Waals surface area contributed by atoms with Crippen LogP contribution in [0.5, 0.6) is 0 Å². The summed E-state index contributed by atoms with van der Waals surface area (Å²) in [7, 11) is 0. The minimum absolute atomic E-state index is 0.241. The van der Waals surface area contributed by atoms with Gasteiger partial charge in [-0.1, -0.05) is 0 Å². The van der Waals surface area contributed by atoms with Crippen molar-refractivity contribution in [3.05, 3.63) is 16.6 Å². The van der Waals surface area contributed by atoms with E-state index >= 15 is 0 Å². The van der Waals surface area contributed by atoms with Crippen LogP contribution in [0.4, 0.5) is 0 Å². The summed E-state index contributed by atoms with van der Waals surface area (Å²) in [6.07, 6.45) is 1.47. The van der Waals surface area contributed by atoms with Gasteiger partial charge >= 0.3 is 5.97 Å². The number of nitrogens with zero attached hydrogens (tertiary/aromatic N) is 2. The molecule has 1 aromatic heterocycles. The molecule has 2 heterocycles. The SMILES string of the molecule is O=C(O)[C@@H]1CSCN1C(=O)c1cncs1. The summed E-state index contributed by atoms with van der Waals surface area (Å²) in [6.45, 7) is 0. The van der Waals surface area contributed by atoms with Crippen molar-refractivity contribution in [2.24, 2.45) is 0 Å². The zero-order valence-electron chi connectivity index (χ0n) is 7.62. The Balaban J connectivity index is 2.17. The van der Waals surface area contributed by atoms with Crippen LogP contribution in [0, 0.1) is 0 Å². The lowest BCUT2D eigenvalue weighted by Crippen LogP contribution is -2.41. The molecule has 0 saturated carbocycles. The van der Waals surface area contributed by atoms with Gasteiger partial charge in [0.1, 0.15) is 10.9 Å². The Labute approximate surface area is 94.1 Å². The Morgan fingerprint density at radius 3 is 3.00 bits per heavy atom. The second-order valence-electron chi connectivity index (χ2n) is 2.99. The molecular weight excluding hydrogens is 236 g/mol. The number of thiazole rings is 1. The summed E-state index contributed by atoms with van der Waals surface area (Å²) in [5.41, 5.74) is 1.56. The van der Waals surface area contributed by atoms with Crippen molar-refractivity contribution >= 4 is 35.0 Å². The lowest BCUT2D eigenvalue weighted by Gasteiger charge is -2.19. The van der Waals surface area contributed by atoms with E-state index in [2.05, 4.69) is 4.98 Å². The maximum Gasteiger partial charge on any atom is 0.327 e. The highest BCUT2D eigenvalue weighted by atomic mass is 32.2. The molecule has 7 heteroatoms. The van der Waals surface area contributed by atoms with Crippen molar-refractivity contribution in [3.63, 3.8) is 0 Å². The maximum absolute atomic E-state index is 11.8. The molecule has 0 bridgehead atoms. The van der Waals surface area contributed by atoms with Crippen molar-refractivity contribution in [2.45, 2.75) is 6.04 Å². The van der Waals surface area contributed by atoms with Crippen LogP contribution in [0.15, 0.2) is 11.7 Å². The molecule has 1 atom stereocenters. The van der Waals surface area contributed by atoms with E-state index < -0.39 is 12.0 Å². The highest BCUT2D eigenvalue weighted by molar-refractivity contribution is 7.99. The number of carboxylic acids is 1. The minimum Gasteiger partial charge on any atom is -0.480 e. The van der Waals surface area contributed by atoms with Gasteiger partial charge in [0.15, 0.2) is 0 Å². The monoisotopic (exact) mass is 244 g/mol. The van der Waals surface area contributed by atoms with Gasteiger partial charge in [0.25, 0.3) is 5.91 Å². The standard InChI is InChI=1S/C8H8N2O3S2/c11-7(6-1-9-3-15-6)10-4-14-2-5(10)8(12)13/h1,3,5H,2,4H2,(H,12,13)/t5-/m0/s1. The first-order valence-electron chi connectivity index (χ1n) is 4.20. The zero-order valence-corrected chi connectivity index (χ0v) is 9.25. The van der Waals surface area contributed by atoms with Crippen LogP contribution in [-0.2, 0) is 4.79 Å². The lowest BCUT2D eigenvalue weighted by atomic mass is 10.3. The highest BCUT2D eigenvalue weighted by Crippen LogP contribution is 2.24. The fourth-order valence-corrected chi connectivity index (χ4v) is 3.03. The average molecular weight is 244 g/mol. The van der Waals surface area contributed by atoms with E-state index in [0.29, 0.717) is 16.5 Å². The molecule has 5 nitrogen and oxygen atoms in total. The number of carbonyl (C=O) groups is 2. The number of aromatic nitrogens is 1. The van der Waals surface area contributed by atoms with Crippen LogP contribution in [0.1, 0.15) is 9.67 Å². The van der Waals surface area contributed by atoms with Crippen LogP contribution in [0.2, 0.25) is 0 Å². The fraction of sp³-hybridized carbons (Fsp3) is 0.375. The molecule has 80 valence electrons. The van der Waals surface area contributed by atoms with Crippen molar-refractivity contribution in [1.29, 1.82) is 0 Å². The van der Waals surface area contributed by atoms with E-state index in [4.69, 9.17) is 5.11 Å². The Bertz CT molecular complexity index is 379. The predicted molar refractivity (Wildman–Crippen MR) is 57.0 cm³/mol. The summed E-state index contributed by atoms with van der Waals surface area (Å²) >= 11 is 2.68. The molecule has 15 heavy (non-hydrogen) atoms. The molecule has 1 fully saturated rings. The van der Waals surface area contributed by atoms with Gasteiger partial charge in [0, 0.05) is 5.75 Å². The molecule has 1 amide bonds. The average Bonchev–Trinajstić information content (AvgIpc) is 2.88. The summed E-state index contributed by atoms with van der Waals surface area (Å²) < 4.78 is 0. The van der Waals surface area contributed by atoms with Gasteiger partial charge in [0.2, 0.25) is 0 Å². The zero-order chi connectivity index (χ0) is 10.8. The van der Waals surface area contributed by atoms with Gasteiger partial charge in [-0.15, -0.1) is 23.1 Å². The minimum atomic E-state index is -0.946. The first-order valence-corrected chi connectivity index (χ1v) is 6.23. The summed E-state index contributed by atoms with van der Waals surface area (Å²) in [5, 5.41) is 8.91. The van der Waals surface area contributed by atoms with Gasteiger partial charge in [0.05, 0.1) is 17.6 Å². The molecule has 1 N–H and O–H groups in total. The molecule has 0 aromatic carbocycles. The smallest absolute Gasteiger partial charge is 0.327 e. The topological polar surface area (TPSA) is 70.5 Å². The van der Waals surface area contributed by atoms with Crippen LogP contribution in [-0.4, -0.2) is 44.5 Å². The van der Waals surface area contributed by atoms with Gasteiger partial charge in [-0.3, -0.25) is 9.78 Å². The Hall–Kier alpha value is -1.08. The van der Waals surface area contributed by atoms with Crippen molar-refractivity contribution < 1.29 is 14.7 Å². The number of hydrogen-bond acceptors (Lipinski definition) is 5. The number of amides is 1. The van der Waals surface area contributed by atoms with E-state index in [1.807, 2.05) is 0 Å². The van der Waals surface area contributed by atoms with Crippen molar-refractivity contribution in [3.8, 4) is 0 Å². The number of hydrogen-bond donors (Lipinski definition) is 1. The largest absolute Gasteiger partial charge is 0.480 e. The highest BCUT2D eigenvalue weighted by Gasteiger charge is 2.35. The van der Waals surface area contributed by atoms with Crippen LogP contribution in [0.25, 0.3) is 0 Å². The van der Waals surface area contributed by atoms with Crippen molar-refractivity contribution in [1.82, 2.24) is 9.88 Å². The fourth-order valence-electron chi connectivity index (χ4n) is 1.31. The summed E-state index contributed by atoms with van der Waals surface area (Å²) in [6, 6.07) is -0.704. The van der Waals surface area contributed by atoms with Crippen LogP contribution in [0.3, 0.4) is 0 Å². The number of carboxylic acid groups (broad SMARTS) is 1. The molecule has 1 aromatic rings. The predicted octanol–water partition coefficient (Wildman–Crippen LogP) is 0.743. The maximum atomic E-state index is 11.8. The molecule has 0 unspecified atom stereocenters. The van der Waals surface area contributed by atoms with E-state index in [9.17, 15) is 9.59 Å². The van der Waals surface area contributed by atoms with E-state index in [-0.39, 0.29) is 5.91 Å². The molecule has 2 rings (SSSR count). The Morgan fingerprint density at radius 2 is 2.40 bits per heavy atom. The third-order valence-electron chi connectivity index (χ3n) is 2.07. The summed E-state index contributed by atoms with van der Waals surface area (Å²) in [5.74, 6) is -0.291. The van der Waals surface area contributed by atoms with E-state index in [1.54, 1.807) is 5.51 Å². The quantitative estimate of drug-likeness (QED) is 0.831. The third-order valence-corrected chi connectivity index (χ3v) is 3.84. The van der Waals surface area contributed by atoms with Gasteiger partial charge in [-0.25, -0.2) is 4.79 Å². The second kappa shape index (κ2) is 4.19. The van der Waals surface area contributed by atoms with Gasteiger partial charge in [-0.2, -0.15) is 0 Å². The molecular formula is C8H8N2O3S2. The first kappa shape index (κ1) is 10.4. The molecule has 1 saturated heterocycles.